The maximum Gasteiger partial charge on any atom is 0.313 e. The van der Waals surface area contributed by atoms with E-state index in [9.17, 15) is 14.7 Å². The second-order valence-corrected chi connectivity index (χ2v) is 6.75. The van der Waals surface area contributed by atoms with Gasteiger partial charge in [0, 0.05) is 6.54 Å². The smallest absolute Gasteiger partial charge is 0.313 e. The summed E-state index contributed by atoms with van der Waals surface area (Å²) >= 11 is 1.61. The molecule has 1 heterocycles. The fraction of sp³-hybridized carbons (Fsp3) is 0.0952. The van der Waals surface area contributed by atoms with Crippen LogP contribution in [0.25, 0.3) is 11.1 Å². The van der Waals surface area contributed by atoms with Gasteiger partial charge < -0.3 is 15.7 Å². The number of aliphatic hydroxyl groups is 1. The lowest BCUT2D eigenvalue weighted by Gasteiger charge is -2.13. The minimum Gasteiger partial charge on any atom is -0.387 e. The minimum atomic E-state index is -0.945. The average molecular weight is 391 g/mol. The van der Waals surface area contributed by atoms with Crippen molar-refractivity contribution in [1.29, 1.82) is 5.26 Å². The number of amides is 2. The third-order valence-corrected chi connectivity index (χ3v) is 4.79. The Kier molecular flexibility index (Phi) is 6.17. The first-order chi connectivity index (χ1) is 13.6. The van der Waals surface area contributed by atoms with Crippen molar-refractivity contribution in [2.75, 3.05) is 11.9 Å². The lowest BCUT2D eigenvalue weighted by molar-refractivity contribution is -0.136. The number of nitrogens with zero attached hydrogens (tertiary/aromatic N) is 1. The van der Waals surface area contributed by atoms with E-state index < -0.39 is 17.9 Å². The van der Waals surface area contributed by atoms with Crippen LogP contribution in [-0.2, 0) is 9.59 Å². The fourth-order valence-electron chi connectivity index (χ4n) is 2.58. The van der Waals surface area contributed by atoms with E-state index in [0.717, 1.165) is 11.1 Å². The number of carbonyl (C=O) groups excluding carboxylic acids is 2. The van der Waals surface area contributed by atoms with Gasteiger partial charge >= 0.3 is 11.8 Å². The van der Waals surface area contributed by atoms with Gasteiger partial charge in [-0.1, -0.05) is 36.4 Å². The molecular weight excluding hydrogens is 374 g/mol. The van der Waals surface area contributed by atoms with E-state index in [1.54, 1.807) is 35.6 Å². The van der Waals surface area contributed by atoms with Crippen LogP contribution in [0.3, 0.4) is 0 Å². The van der Waals surface area contributed by atoms with Crippen molar-refractivity contribution < 1.29 is 14.7 Å². The summed E-state index contributed by atoms with van der Waals surface area (Å²) in [7, 11) is 0. The molecule has 0 aliphatic heterocycles. The van der Waals surface area contributed by atoms with Crippen molar-refractivity contribution in [2.45, 2.75) is 6.10 Å². The second kappa shape index (κ2) is 8.95. The van der Waals surface area contributed by atoms with E-state index in [-0.39, 0.29) is 17.8 Å². The lowest BCUT2D eigenvalue weighted by atomic mass is 10.0. The molecule has 3 rings (SSSR count). The molecule has 1 atom stereocenters. The molecule has 0 fully saturated rings. The average Bonchev–Trinajstić information content (AvgIpc) is 3.27. The molecule has 6 nitrogen and oxygen atoms in total. The molecule has 0 saturated heterocycles. The molecule has 0 saturated carbocycles. The van der Waals surface area contributed by atoms with Crippen LogP contribution in [0, 0.1) is 11.3 Å². The zero-order valence-corrected chi connectivity index (χ0v) is 15.6. The molecule has 3 N–H and O–H groups in total. The Morgan fingerprint density at radius 1 is 1.04 bits per heavy atom. The molecule has 1 unspecified atom stereocenters. The Morgan fingerprint density at radius 3 is 2.46 bits per heavy atom. The number of carbonyl (C=O) groups is 2. The van der Waals surface area contributed by atoms with Gasteiger partial charge in [0.1, 0.15) is 6.07 Å². The number of anilines is 1. The number of aliphatic hydroxyl groups excluding tert-OH is 1. The van der Waals surface area contributed by atoms with Gasteiger partial charge in [-0.2, -0.15) is 16.6 Å². The van der Waals surface area contributed by atoms with Crippen LogP contribution >= 0.6 is 11.3 Å². The zero-order valence-electron chi connectivity index (χ0n) is 14.8. The molecule has 1 aromatic heterocycles. The quantitative estimate of drug-likeness (QED) is 0.582. The first-order valence-electron chi connectivity index (χ1n) is 8.47. The maximum atomic E-state index is 12.0. The normalized spacial score (nSPS) is 11.3. The van der Waals surface area contributed by atoms with Crippen LogP contribution in [0.4, 0.5) is 5.69 Å². The van der Waals surface area contributed by atoms with Crippen LogP contribution in [0.1, 0.15) is 17.2 Å². The van der Waals surface area contributed by atoms with Crippen LogP contribution in [0.2, 0.25) is 0 Å². The molecular formula is C21H17N3O3S. The molecule has 140 valence electrons. The van der Waals surface area contributed by atoms with Gasteiger partial charge in [-0.3, -0.25) is 9.59 Å². The van der Waals surface area contributed by atoms with E-state index >= 15 is 0 Å². The van der Waals surface area contributed by atoms with Crippen molar-refractivity contribution in [3.63, 3.8) is 0 Å². The van der Waals surface area contributed by atoms with E-state index in [1.165, 1.54) is 12.1 Å². The zero-order chi connectivity index (χ0) is 19.9. The standard InChI is InChI=1S/C21H17N3O3S/c22-11-16-3-1-2-4-18(16)24-21(27)20(26)23-12-19(25)15-7-5-14(6-8-15)17-9-10-28-13-17/h1-10,13,19,25H,12H2,(H,23,26)(H,24,27). The minimum absolute atomic E-state index is 0.107. The van der Waals surface area contributed by atoms with Gasteiger partial charge in [0.15, 0.2) is 0 Å². The summed E-state index contributed by atoms with van der Waals surface area (Å²) in [6.45, 7) is -0.107. The van der Waals surface area contributed by atoms with E-state index in [0.29, 0.717) is 5.56 Å². The van der Waals surface area contributed by atoms with Crippen LogP contribution in [0.15, 0.2) is 65.4 Å². The molecule has 0 aliphatic carbocycles. The van der Waals surface area contributed by atoms with E-state index in [1.807, 2.05) is 35.0 Å². The Morgan fingerprint density at radius 2 is 1.79 bits per heavy atom. The molecule has 2 aromatic carbocycles. The summed E-state index contributed by atoms with van der Waals surface area (Å²) in [5.74, 6) is -1.79. The highest BCUT2D eigenvalue weighted by molar-refractivity contribution is 7.08. The van der Waals surface area contributed by atoms with Gasteiger partial charge in [-0.15, -0.1) is 0 Å². The van der Waals surface area contributed by atoms with Crippen molar-refractivity contribution in [2.24, 2.45) is 0 Å². The number of nitriles is 1. The van der Waals surface area contributed by atoms with Gasteiger partial charge in [-0.05, 0) is 45.6 Å². The van der Waals surface area contributed by atoms with Gasteiger partial charge in [0.2, 0.25) is 0 Å². The Balaban J connectivity index is 1.55. The molecule has 7 heteroatoms. The Hall–Kier alpha value is -3.47. The monoisotopic (exact) mass is 391 g/mol. The van der Waals surface area contributed by atoms with Crippen molar-refractivity contribution >= 4 is 28.8 Å². The summed E-state index contributed by atoms with van der Waals surface area (Å²) in [5.41, 5.74) is 3.30. The molecule has 3 aromatic rings. The second-order valence-electron chi connectivity index (χ2n) is 5.97. The SMILES string of the molecule is N#Cc1ccccc1NC(=O)C(=O)NCC(O)c1ccc(-c2ccsc2)cc1. The predicted molar refractivity (Wildman–Crippen MR) is 108 cm³/mol. The third kappa shape index (κ3) is 4.62. The molecule has 2 amide bonds. The highest BCUT2D eigenvalue weighted by Crippen LogP contribution is 2.24. The highest BCUT2D eigenvalue weighted by Gasteiger charge is 2.17. The fourth-order valence-corrected chi connectivity index (χ4v) is 3.25. The van der Waals surface area contributed by atoms with E-state index in [4.69, 9.17) is 5.26 Å². The van der Waals surface area contributed by atoms with Crippen LogP contribution < -0.4 is 10.6 Å². The summed E-state index contributed by atoms with van der Waals surface area (Å²) in [6.07, 6.45) is -0.945. The van der Waals surface area contributed by atoms with Crippen LogP contribution in [-0.4, -0.2) is 23.5 Å². The summed E-state index contributed by atoms with van der Waals surface area (Å²) in [5, 5.41) is 28.1. The molecule has 0 spiro atoms. The lowest BCUT2D eigenvalue weighted by Crippen LogP contribution is -2.37. The van der Waals surface area contributed by atoms with Crippen LogP contribution in [0.5, 0.6) is 0 Å². The topological polar surface area (TPSA) is 102 Å². The predicted octanol–water partition coefficient (Wildman–Crippen LogP) is 3.08. The summed E-state index contributed by atoms with van der Waals surface area (Å²) < 4.78 is 0. The maximum absolute atomic E-state index is 12.0. The first-order valence-corrected chi connectivity index (χ1v) is 9.41. The first kappa shape index (κ1) is 19.3. The van der Waals surface area contributed by atoms with Crippen molar-refractivity contribution in [1.82, 2.24) is 5.32 Å². The number of rotatable bonds is 5. The number of para-hydroxylation sites is 1. The van der Waals surface area contributed by atoms with Gasteiger partial charge in [-0.25, -0.2) is 0 Å². The Labute approximate surface area is 166 Å². The summed E-state index contributed by atoms with van der Waals surface area (Å²) in [4.78, 5) is 24.0. The number of benzene rings is 2. The number of hydrogen-bond donors (Lipinski definition) is 3. The Bertz CT molecular complexity index is 1010. The van der Waals surface area contributed by atoms with Gasteiger partial charge in [0.05, 0.1) is 17.4 Å². The molecule has 0 aliphatic rings. The van der Waals surface area contributed by atoms with Gasteiger partial charge in [0.25, 0.3) is 0 Å². The number of thiophene rings is 1. The summed E-state index contributed by atoms with van der Waals surface area (Å²) in [6, 6.07) is 17.7. The van der Waals surface area contributed by atoms with Crippen molar-refractivity contribution in [3.8, 4) is 17.2 Å². The number of hydrogen-bond acceptors (Lipinski definition) is 5. The van der Waals surface area contributed by atoms with Crippen molar-refractivity contribution in [3.05, 3.63) is 76.5 Å². The highest BCUT2D eigenvalue weighted by atomic mass is 32.1. The van der Waals surface area contributed by atoms with E-state index in [2.05, 4.69) is 10.6 Å². The molecule has 0 radical (unpaired) electrons. The molecule has 28 heavy (non-hydrogen) atoms. The largest absolute Gasteiger partial charge is 0.387 e. The number of nitrogens with one attached hydrogen (secondary N) is 2. The third-order valence-electron chi connectivity index (χ3n) is 4.11. The molecule has 0 bridgehead atoms.